The molecule has 1 heteroatoms. The molecule has 0 aromatic heterocycles. The van der Waals surface area contributed by atoms with E-state index in [-0.39, 0.29) is 0 Å². The molecule has 0 saturated heterocycles. The molecule has 0 bridgehead atoms. The molecule has 0 spiro atoms. The lowest BCUT2D eigenvalue weighted by Crippen LogP contribution is -2.32. The molecule has 3 aliphatic carbocycles. The summed E-state index contributed by atoms with van der Waals surface area (Å²) < 4.78 is 0. The largest absolute Gasteiger partial charge is 0.309 e. The van der Waals surface area contributed by atoms with Gasteiger partial charge in [-0.2, -0.15) is 0 Å². The van der Waals surface area contributed by atoms with E-state index in [1.165, 1.54) is 248 Å². The summed E-state index contributed by atoms with van der Waals surface area (Å²) in [6.07, 6.45) is 0. The molecule has 700 valence electrons. The van der Waals surface area contributed by atoms with Crippen molar-refractivity contribution in [1.82, 2.24) is 0 Å². The fourth-order valence-electron chi connectivity index (χ4n) is 26.5. The number of benzene rings is 27. The van der Waals surface area contributed by atoms with Crippen LogP contribution in [0.25, 0.3) is 175 Å². The standard InChI is InChI=1S/C51H35N.2C49H32/c1-4-20-36(21-5-1)51(47-34-18-16-28-41(47)39-26-10-11-27-40(39)42-29-17-19-35-48(42)51)49-43-30-12-14-32-45(43)50(46-33-15-13-31-44(46)49)52(37-22-6-2-7-23-37)38-24-8-3-9-25-38;1-3-17-33(18-4-1)43-31-44-39-25-11-12-28-42(39)48(32-45(44)38-24-10-9-23-37(38)43)49(34-19-5-2-6-20-34)46-29-15-13-26-40(46)35-21-7-8-22-36(35)41-27-14-16-30-47(41)49;1-2-18-36(19-3-1)49(45-28-14-12-22-39(45)37-20-6-7-21-38(37)40-23-13-15-29-46(40)49)48-43-26-10-8-24-41(43)47(42-25-9-11-27-44(42)48)35-31-30-33-16-4-5-17-34(33)32-35/h1-35H;2*1-32H. The first-order valence-electron chi connectivity index (χ1n) is 52.3. The van der Waals surface area contributed by atoms with Crippen LogP contribution in [0.4, 0.5) is 17.1 Å². The second kappa shape index (κ2) is 36.8. The van der Waals surface area contributed by atoms with Gasteiger partial charge in [0.05, 0.1) is 21.9 Å². The van der Waals surface area contributed by atoms with Crippen molar-refractivity contribution in [2.45, 2.75) is 16.2 Å². The second-order valence-corrected chi connectivity index (χ2v) is 39.9. The van der Waals surface area contributed by atoms with E-state index in [1.54, 1.807) is 0 Å². The zero-order valence-electron chi connectivity index (χ0n) is 82.6. The van der Waals surface area contributed by atoms with Gasteiger partial charge in [0.25, 0.3) is 0 Å². The number of nitrogens with zero attached hydrogens (tertiary/aromatic N) is 1. The van der Waals surface area contributed by atoms with Crippen LogP contribution in [-0.4, -0.2) is 0 Å². The molecule has 27 aromatic carbocycles. The van der Waals surface area contributed by atoms with Gasteiger partial charge < -0.3 is 4.90 Å². The van der Waals surface area contributed by atoms with E-state index in [1.807, 2.05) is 0 Å². The Hall–Kier alpha value is -19.2. The Morgan fingerprint density at radius 3 is 0.753 bits per heavy atom. The molecule has 150 heavy (non-hydrogen) atoms. The Morgan fingerprint density at radius 1 is 0.127 bits per heavy atom. The van der Waals surface area contributed by atoms with Crippen LogP contribution < -0.4 is 4.90 Å². The average Bonchev–Trinajstić information content (AvgIpc) is 1.38. The molecule has 0 amide bonds. The van der Waals surface area contributed by atoms with Crippen molar-refractivity contribution in [3.8, 4) is 89.0 Å². The highest BCUT2D eigenvalue weighted by molar-refractivity contribution is 6.24. The molecule has 0 radical (unpaired) electrons. The van der Waals surface area contributed by atoms with Gasteiger partial charge in [-0.25, -0.2) is 0 Å². The molecule has 1 nitrogen and oxygen atoms in total. The maximum Gasteiger partial charge on any atom is 0.0725 e. The Balaban J connectivity index is 0.000000108. The number of hydrogen-bond donors (Lipinski definition) is 0. The van der Waals surface area contributed by atoms with Crippen LogP contribution >= 0.6 is 0 Å². The monoisotopic (exact) mass is 1900 g/mol. The maximum absolute atomic E-state index is 2.53. The topological polar surface area (TPSA) is 3.24 Å². The summed E-state index contributed by atoms with van der Waals surface area (Å²) in [4.78, 5) is 2.44. The summed E-state index contributed by atoms with van der Waals surface area (Å²) in [7, 11) is 0. The Morgan fingerprint density at radius 2 is 0.380 bits per heavy atom. The van der Waals surface area contributed by atoms with Gasteiger partial charge in [0.15, 0.2) is 0 Å². The van der Waals surface area contributed by atoms with Gasteiger partial charge in [0.2, 0.25) is 0 Å². The van der Waals surface area contributed by atoms with Crippen LogP contribution in [0.1, 0.15) is 66.8 Å². The van der Waals surface area contributed by atoms with E-state index in [0.717, 1.165) is 11.4 Å². The quantitative estimate of drug-likeness (QED) is 0.0922. The van der Waals surface area contributed by atoms with E-state index in [4.69, 9.17) is 0 Å². The molecular weight excluding hydrogens is 1800 g/mol. The number of fused-ring (bicyclic) bond motifs is 25. The predicted octanol–water partition coefficient (Wildman–Crippen LogP) is 39.2. The van der Waals surface area contributed by atoms with Gasteiger partial charge in [-0.15, -0.1) is 0 Å². The van der Waals surface area contributed by atoms with Crippen LogP contribution in [0, 0.1) is 0 Å². The minimum absolute atomic E-state index is 0.611. The Bertz CT molecular complexity index is 9610. The first kappa shape index (κ1) is 88.5. The van der Waals surface area contributed by atoms with Crippen molar-refractivity contribution in [3.05, 3.63) is 667 Å². The fraction of sp³-hybridized carbons (Fsp3) is 0.0201. The number of para-hydroxylation sites is 2. The third-order valence-corrected chi connectivity index (χ3v) is 32.4. The fourth-order valence-corrected chi connectivity index (χ4v) is 26.5. The van der Waals surface area contributed by atoms with Crippen molar-refractivity contribution in [2.24, 2.45) is 0 Å². The first-order valence-corrected chi connectivity index (χ1v) is 52.3. The third-order valence-electron chi connectivity index (χ3n) is 32.4. The van der Waals surface area contributed by atoms with Crippen LogP contribution in [0.2, 0.25) is 0 Å². The summed E-state index contributed by atoms with van der Waals surface area (Å²) >= 11 is 0. The zero-order chi connectivity index (χ0) is 99.2. The van der Waals surface area contributed by atoms with Gasteiger partial charge in [0.1, 0.15) is 0 Å². The molecule has 0 atom stereocenters. The highest BCUT2D eigenvalue weighted by atomic mass is 15.1. The smallest absolute Gasteiger partial charge is 0.0725 e. The Kier molecular flexibility index (Phi) is 21.7. The van der Waals surface area contributed by atoms with Gasteiger partial charge in [-0.3, -0.25) is 0 Å². The predicted molar refractivity (Wildman–Crippen MR) is 633 cm³/mol. The molecular formula is C149H99N. The highest BCUT2D eigenvalue weighted by Gasteiger charge is 2.50. The molecule has 3 aliphatic rings. The number of anilines is 3. The van der Waals surface area contributed by atoms with E-state index >= 15 is 0 Å². The van der Waals surface area contributed by atoms with Crippen LogP contribution in [-0.2, 0) is 16.2 Å². The van der Waals surface area contributed by atoms with E-state index in [2.05, 4.69) is 605 Å². The SMILES string of the molecule is c1ccc(-c2cc3c4ccccc4c(C4(c5ccccc5)c5ccccc5-c5ccccc5-c5ccccc54)cc3c3ccccc23)cc1.c1ccc(C2(c3c4ccccc4c(-c4ccc5ccccc5c4)c4ccccc34)c3ccccc3-c3ccccc3-c3ccccc32)cc1.c1ccc(N(c2ccccc2)c2c3ccccc3c(C3(c4ccccc4)c4ccccc4-c4ccccc4-c4ccccc43)c3ccccc23)cc1. The van der Waals surface area contributed by atoms with Crippen LogP contribution in [0.5, 0.6) is 0 Å². The van der Waals surface area contributed by atoms with Gasteiger partial charge in [0, 0.05) is 22.1 Å². The summed E-state index contributed by atoms with van der Waals surface area (Å²) in [5.41, 5.74) is 37.1. The summed E-state index contributed by atoms with van der Waals surface area (Å²) in [6, 6.07) is 222. The summed E-state index contributed by atoms with van der Waals surface area (Å²) in [5, 5.41) is 20.1. The third kappa shape index (κ3) is 13.9. The van der Waals surface area contributed by atoms with Gasteiger partial charge in [-0.1, -0.05) is 558 Å². The van der Waals surface area contributed by atoms with Crippen molar-refractivity contribution in [2.75, 3.05) is 4.90 Å². The van der Waals surface area contributed by atoms with E-state index < -0.39 is 16.2 Å². The zero-order valence-corrected chi connectivity index (χ0v) is 82.6. The lowest BCUT2D eigenvalue weighted by atomic mass is 9.61. The minimum Gasteiger partial charge on any atom is -0.309 e. The molecule has 30 rings (SSSR count). The van der Waals surface area contributed by atoms with Crippen LogP contribution in [0.15, 0.2) is 601 Å². The van der Waals surface area contributed by atoms with E-state index in [0.29, 0.717) is 0 Å². The maximum atomic E-state index is 2.53. The lowest BCUT2D eigenvalue weighted by molar-refractivity contribution is 0.760. The summed E-state index contributed by atoms with van der Waals surface area (Å²) in [5.74, 6) is 0. The molecule has 0 heterocycles. The lowest BCUT2D eigenvalue weighted by Gasteiger charge is -2.40. The summed E-state index contributed by atoms with van der Waals surface area (Å²) in [6.45, 7) is 0. The number of rotatable bonds is 11. The van der Waals surface area contributed by atoms with Crippen LogP contribution in [0.3, 0.4) is 0 Å². The second-order valence-electron chi connectivity index (χ2n) is 39.9. The highest BCUT2D eigenvalue weighted by Crippen LogP contribution is 2.64. The van der Waals surface area contributed by atoms with Crippen molar-refractivity contribution < 1.29 is 0 Å². The molecule has 0 fully saturated rings. The van der Waals surface area contributed by atoms with E-state index in [9.17, 15) is 0 Å². The average molecular weight is 1900 g/mol. The van der Waals surface area contributed by atoms with Gasteiger partial charge >= 0.3 is 0 Å². The van der Waals surface area contributed by atoms with Gasteiger partial charge in [-0.05, 0) is 274 Å². The molecule has 0 N–H and O–H groups in total. The molecule has 0 unspecified atom stereocenters. The normalized spacial score (nSPS) is 13.0. The molecule has 0 saturated carbocycles. The van der Waals surface area contributed by atoms with Crippen molar-refractivity contribution in [3.63, 3.8) is 0 Å². The number of hydrogen-bond acceptors (Lipinski definition) is 1. The Labute approximate surface area is 874 Å². The van der Waals surface area contributed by atoms with Crippen molar-refractivity contribution in [1.29, 1.82) is 0 Å². The molecule has 0 aliphatic heterocycles. The first-order chi connectivity index (χ1) is 74.5. The molecule has 27 aromatic rings. The minimum atomic E-state index is -0.671. The van der Waals surface area contributed by atoms with Crippen molar-refractivity contribution >= 4 is 103 Å².